The summed E-state index contributed by atoms with van der Waals surface area (Å²) in [7, 11) is 0. The van der Waals surface area contributed by atoms with E-state index in [1.165, 1.54) is 0 Å². The van der Waals surface area contributed by atoms with Crippen LogP contribution in [0.1, 0.15) is 53.9 Å². The number of aliphatic hydroxyl groups is 1. The van der Waals surface area contributed by atoms with Crippen molar-refractivity contribution >= 4 is 11.9 Å². The maximum absolute atomic E-state index is 11.7. The van der Waals surface area contributed by atoms with Crippen molar-refractivity contribution in [2.75, 3.05) is 19.8 Å². The van der Waals surface area contributed by atoms with Gasteiger partial charge in [0.05, 0.1) is 38.8 Å². The molecule has 0 radical (unpaired) electrons. The lowest BCUT2D eigenvalue weighted by atomic mass is 10.0. The van der Waals surface area contributed by atoms with E-state index >= 15 is 0 Å². The van der Waals surface area contributed by atoms with E-state index < -0.39 is 29.4 Å². The molecule has 0 amide bonds. The van der Waals surface area contributed by atoms with Crippen LogP contribution in [0.25, 0.3) is 0 Å². The summed E-state index contributed by atoms with van der Waals surface area (Å²) >= 11 is 0. The van der Waals surface area contributed by atoms with Gasteiger partial charge in [0.1, 0.15) is 5.60 Å². The highest BCUT2D eigenvalue weighted by Crippen LogP contribution is 2.21. The van der Waals surface area contributed by atoms with Crippen LogP contribution in [0, 0.1) is 5.92 Å². The van der Waals surface area contributed by atoms with Crippen LogP contribution < -0.4 is 0 Å². The summed E-state index contributed by atoms with van der Waals surface area (Å²) in [6.07, 6.45) is -0.514. The molecule has 1 atom stereocenters. The molecule has 1 saturated heterocycles. The minimum absolute atomic E-state index is 0.0199. The van der Waals surface area contributed by atoms with Gasteiger partial charge < -0.3 is 19.3 Å². The van der Waals surface area contributed by atoms with Gasteiger partial charge in [-0.25, -0.2) is 4.79 Å². The molecule has 0 aromatic rings. The van der Waals surface area contributed by atoms with Gasteiger partial charge in [0.2, 0.25) is 0 Å². The van der Waals surface area contributed by atoms with Crippen LogP contribution in [-0.4, -0.2) is 54.4 Å². The number of carbonyl (C=O) groups excluding carboxylic acids is 2. The molecule has 25 heavy (non-hydrogen) atoms. The monoisotopic (exact) mass is 362 g/mol. The van der Waals surface area contributed by atoms with E-state index in [0.29, 0.717) is 19.6 Å². The van der Waals surface area contributed by atoms with Gasteiger partial charge in [-0.3, -0.25) is 9.68 Å². The number of carbonyl (C=O) groups is 2. The third kappa shape index (κ3) is 9.74. The van der Waals surface area contributed by atoms with Crippen molar-refractivity contribution < 1.29 is 38.7 Å². The average Bonchev–Trinajstić information content (AvgIpc) is 2.48. The Kier molecular flexibility index (Phi) is 8.27. The molecule has 0 saturated carbocycles. The minimum atomic E-state index is -0.806. The quantitative estimate of drug-likeness (QED) is 0.376. The van der Waals surface area contributed by atoms with Crippen molar-refractivity contribution in [2.45, 2.75) is 71.4 Å². The Balaban J connectivity index is 2.16. The fourth-order valence-corrected chi connectivity index (χ4v) is 2.26. The summed E-state index contributed by atoms with van der Waals surface area (Å²) in [5.74, 6) is -1.79. The lowest BCUT2D eigenvalue weighted by Gasteiger charge is -2.34. The van der Waals surface area contributed by atoms with Gasteiger partial charge in [-0.05, 0) is 34.6 Å². The second-order valence-corrected chi connectivity index (χ2v) is 7.42. The molecule has 1 fully saturated rings. The van der Waals surface area contributed by atoms with E-state index in [9.17, 15) is 14.7 Å². The largest absolute Gasteiger partial charge is 0.465 e. The van der Waals surface area contributed by atoms with Crippen molar-refractivity contribution in [3.63, 3.8) is 0 Å². The summed E-state index contributed by atoms with van der Waals surface area (Å²) in [5, 5.41) is 9.33. The molecule has 0 aliphatic carbocycles. The third-order valence-electron chi connectivity index (χ3n) is 3.49. The topological polar surface area (TPSA) is 101 Å². The number of hydrogen-bond donors (Lipinski definition) is 1. The van der Waals surface area contributed by atoms with Crippen LogP contribution in [0.5, 0.6) is 0 Å². The third-order valence-corrected chi connectivity index (χ3v) is 3.49. The standard InChI is InChI=1S/C17H30O8/c1-12(18)8-16(2,3)25-24-15(20)7-6-14(19)21-9-13-10-22-17(4,5)23-11-13/h12-13,18H,6-11H2,1-5H3. The Labute approximate surface area is 148 Å². The highest BCUT2D eigenvalue weighted by atomic mass is 17.2. The number of rotatable bonds is 9. The minimum Gasteiger partial charge on any atom is -0.465 e. The lowest BCUT2D eigenvalue weighted by Crippen LogP contribution is -2.41. The van der Waals surface area contributed by atoms with Gasteiger partial charge in [-0.15, -0.1) is 0 Å². The van der Waals surface area contributed by atoms with Crippen molar-refractivity contribution in [2.24, 2.45) is 5.92 Å². The van der Waals surface area contributed by atoms with Crippen molar-refractivity contribution in [3.8, 4) is 0 Å². The van der Waals surface area contributed by atoms with Crippen LogP contribution in [0.15, 0.2) is 0 Å². The Hall–Kier alpha value is -1.22. The van der Waals surface area contributed by atoms with Crippen LogP contribution >= 0.6 is 0 Å². The summed E-state index contributed by atoms with van der Waals surface area (Å²) in [6.45, 7) is 9.74. The van der Waals surface area contributed by atoms with Crippen molar-refractivity contribution in [1.82, 2.24) is 0 Å². The van der Waals surface area contributed by atoms with Crippen LogP contribution in [0.2, 0.25) is 0 Å². The molecule has 8 nitrogen and oxygen atoms in total. The van der Waals surface area contributed by atoms with E-state index in [-0.39, 0.29) is 25.4 Å². The summed E-state index contributed by atoms with van der Waals surface area (Å²) < 4.78 is 16.1. The number of ether oxygens (including phenoxy) is 3. The van der Waals surface area contributed by atoms with Gasteiger partial charge in [0, 0.05) is 12.3 Å². The first kappa shape index (κ1) is 21.8. The van der Waals surface area contributed by atoms with Crippen molar-refractivity contribution in [1.29, 1.82) is 0 Å². The van der Waals surface area contributed by atoms with Crippen LogP contribution in [0.4, 0.5) is 0 Å². The molecule has 1 aliphatic rings. The predicted molar refractivity (Wildman–Crippen MR) is 87.2 cm³/mol. The summed E-state index contributed by atoms with van der Waals surface area (Å²) in [5.41, 5.74) is -0.806. The molecular weight excluding hydrogens is 332 g/mol. The zero-order chi connectivity index (χ0) is 19.1. The first-order valence-electron chi connectivity index (χ1n) is 8.49. The predicted octanol–water partition coefficient (Wildman–Crippen LogP) is 1.73. The van der Waals surface area contributed by atoms with E-state index in [1.807, 2.05) is 13.8 Å². The van der Waals surface area contributed by atoms with E-state index in [4.69, 9.17) is 19.1 Å². The summed E-state index contributed by atoms with van der Waals surface area (Å²) in [4.78, 5) is 33.0. The van der Waals surface area contributed by atoms with Gasteiger partial charge in [-0.1, -0.05) is 0 Å². The smallest absolute Gasteiger partial charge is 0.342 e. The molecule has 1 heterocycles. The van der Waals surface area contributed by atoms with E-state index in [2.05, 4.69) is 4.89 Å². The highest BCUT2D eigenvalue weighted by Gasteiger charge is 2.29. The normalized spacial score (nSPS) is 19.3. The van der Waals surface area contributed by atoms with Gasteiger partial charge in [0.15, 0.2) is 5.79 Å². The lowest BCUT2D eigenvalue weighted by molar-refractivity contribution is -0.328. The first-order chi connectivity index (χ1) is 11.5. The zero-order valence-electron chi connectivity index (χ0n) is 15.7. The molecular formula is C17H30O8. The molecule has 0 aromatic heterocycles. The molecule has 1 aliphatic heterocycles. The number of esters is 1. The average molecular weight is 362 g/mol. The Bertz CT molecular complexity index is 434. The SMILES string of the molecule is CC(O)CC(C)(C)OOC(=O)CCC(=O)OCC1COC(C)(C)OC1. The number of hydrogen-bond acceptors (Lipinski definition) is 8. The molecule has 1 unspecified atom stereocenters. The second-order valence-electron chi connectivity index (χ2n) is 7.42. The van der Waals surface area contributed by atoms with E-state index in [1.54, 1.807) is 20.8 Å². The molecule has 1 N–H and O–H groups in total. The van der Waals surface area contributed by atoms with Gasteiger partial charge in [-0.2, -0.15) is 4.89 Å². The summed E-state index contributed by atoms with van der Waals surface area (Å²) in [6, 6.07) is 0. The molecule has 0 aromatic carbocycles. The Morgan fingerprint density at radius 3 is 2.32 bits per heavy atom. The second kappa shape index (κ2) is 9.47. The first-order valence-corrected chi connectivity index (χ1v) is 8.49. The molecule has 1 rings (SSSR count). The van der Waals surface area contributed by atoms with Crippen LogP contribution in [0.3, 0.4) is 0 Å². The Morgan fingerprint density at radius 1 is 1.20 bits per heavy atom. The zero-order valence-corrected chi connectivity index (χ0v) is 15.7. The van der Waals surface area contributed by atoms with Crippen LogP contribution in [-0.2, 0) is 33.6 Å². The Morgan fingerprint density at radius 2 is 1.76 bits per heavy atom. The van der Waals surface area contributed by atoms with Crippen molar-refractivity contribution in [3.05, 3.63) is 0 Å². The molecule has 0 spiro atoms. The molecule has 146 valence electrons. The van der Waals surface area contributed by atoms with Gasteiger partial charge >= 0.3 is 11.9 Å². The fraction of sp³-hybridized carbons (Fsp3) is 0.882. The number of aliphatic hydroxyl groups excluding tert-OH is 1. The maximum Gasteiger partial charge on any atom is 0.342 e. The fourth-order valence-electron chi connectivity index (χ4n) is 2.26. The molecule has 0 bridgehead atoms. The van der Waals surface area contributed by atoms with E-state index in [0.717, 1.165) is 0 Å². The highest BCUT2D eigenvalue weighted by molar-refractivity contribution is 5.77. The molecule has 8 heteroatoms. The maximum atomic E-state index is 11.7. The van der Waals surface area contributed by atoms with Gasteiger partial charge in [0.25, 0.3) is 0 Å².